The molecule has 110 valence electrons. The van der Waals surface area contributed by atoms with E-state index in [-0.39, 0.29) is 0 Å². The predicted molar refractivity (Wildman–Crippen MR) is 94.8 cm³/mol. The molecule has 4 heterocycles. The van der Waals surface area contributed by atoms with Gasteiger partial charge in [-0.2, -0.15) is 5.10 Å². The van der Waals surface area contributed by atoms with Gasteiger partial charge in [-0.05, 0) is 30.0 Å². The van der Waals surface area contributed by atoms with Crippen LogP contribution in [-0.2, 0) is 0 Å². The van der Waals surface area contributed by atoms with Gasteiger partial charge in [0.05, 0.1) is 10.4 Å². The van der Waals surface area contributed by atoms with Crippen LogP contribution in [0.5, 0.6) is 0 Å². The molecule has 0 bridgehead atoms. The fourth-order valence-electron chi connectivity index (χ4n) is 3.21. The number of pyridine rings is 1. The maximum Gasteiger partial charge on any atom is 0.262 e. The van der Waals surface area contributed by atoms with Crippen LogP contribution >= 0.6 is 11.3 Å². The lowest BCUT2D eigenvalue weighted by molar-refractivity contribution is -0.578. The molecule has 0 unspecified atom stereocenters. The molecule has 5 rings (SSSR count). The van der Waals surface area contributed by atoms with Gasteiger partial charge >= 0.3 is 0 Å². The van der Waals surface area contributed by atoms with Crippen LogP contribution < -0.4 is 4.52 Å². The first-order chi connectivity index (χ1) is 11.3. The zero-order valence-corrected chi connectivity index (χ0v) is 13.4. The molecule has 1 N–H and O–H groups in total. The van der Waals surface area contributed by atoms with Gasteiger partial charge in [0.1, 0.15) is 11.2 Å². The highest BCUT2D eigenvalue weighted by atomic mass is 32.1. The molecule has 0 atom stereocenters. The third kappa shape index (κ3) is 1.82. The summed E-state index contributed by atoms with van der Waals surface area (Å²) in [5, 5.41) is 8.04. The highest BCUT2D eigenvalue weighted by molar-refractivity contribution is 7.13. The Hall–Kier alpha value is -2.72. The topological polar surface area (TPSA) is 32.8 Å². The molecule has 0 aliphatic carbocycles. The van der Waals surface area contributed by atoms with E-state index < -0.39 is 0 Å². The van der Waals surface area contributed by atoms with E-state index in [0.717, 1.165) is 22.2 Å². The number of hydrogen-bond donors (Lipinski definition) is 1. The molecular formula is C19H14N3S+. The zero-order valence-electron chi connectivity index (χ0n) is 12.6. The Bertz CT molecular complexity index is 1170. The Balaban J connectivity index is 1.89. The number of rotatable bonds is 1. The SMILES string of the molecule is Cc1cc2c3nc4ccccc4c3cc[n+]2[nH]c1-c1cccs1. The van der Waals surface area contributed by atoms with Crippen LogP contribution in [0.25, 0.3) is 37.9 Å². The smallest absolute Gasteiger partial charge is 0.241 e. The molecule has 0 saturated heterocycles. The van der Waals surface area contributed by atoms with Crippen molar-refractivity contribution in [2.75, 3.05) is 0 Å². The summed E-state index contributed by atoms with van der Waals surface area (Å²) in [5.74, 6) is 0. The number of fused-ring (bicyclic) bond motifs is 5. The third-order valence-electron chi connectivity index (χ3n) is 4.32. The fraction of sp³-hybridized carbons (Fsp3) is 0.0526. The second kappa shape index (κ2) is 4.64. The molecule has 1 aromatic carbocycles. The van der Waals surface area contributed by atoms with Crippen molar-refractivity contribution in [3.8, 4) is 10.6 Å². The summed E-state index contributed by atoms with van der Waals surface area (Å²) in [6.45, 7) is 2.15. The summed E-state index contributed by atoms with van der Waals surface area (Å²) in [5.41, 5.74) is 5.60. The summed E-state index contributed by atoms with van der Waals surface area (Å²) in [6.07, 6.45) is 2.09. The average molecular weight is 316 g/mol. The van der Waals surface area contributed by atoms with Crippen molar-refractivity contribution < 1.29 is 4.52 Å². The number of H-pyrrole nitrogens is 1. The summed E-state index contributed by atoms with van der Waals surface area (Å²) in [6, 6.07) is 16.9. The van der Waals surface area contributed by atoms with Crippen molar-refractivity contribution in [3.63, 3.8) is 0 Å². The van der Waals surface area contributed by atoms with Crippen molar-refractivity contribution in [3.05, 3.63) is 65.7 Å². The Morgan fingerprint density at radius 3 is 2.83 bits per heavy atom. The van der Waals surface area contributed by atoms with E-state index in [4.69, 9.17) is 4.98 Å². The maximum absolute atomic E-state index is 4.84. The van der Waals surface area contributed by atoms with Gasteiger partial charge in [0.15, 0.2) is 0 Å². The number of para-hydroxylation sites is 1. The van der Waals surface area contributed by atoms with E-state index in [1.165, 1.54) is 21.2 Å². The van der Waals surface area contributed by atoms with Crippen LogP contribution in [0.2, 0.25) is 0 Å². The number of benzene rings is 1. The third-order valence-corrected chi connectivity index (χ3v) is 5.21. The van der Waals surface area contributed by atoms with E-state index in [1.54, 1.807) is 11.3 Å². The number of aryl methyl sites for hydroxylation is 1. The first-order valence-corrected chi connectivity index (χ1v) is 8.45. The van der Waals surface area contributed by atoms with Gasteiger partial charge in [0.25, 0.3) is 5.52 Å². The Morgan fingerprint density at radius 1 is 1.04 bits per heavy atom. The van der Waals surface area contributed by atoms with Gasteiger partial charge in [-0.3, -0.25) is 0 Å². The van der Waals surface area contributed by atoms with Crippen LogP contribution in [0.4, 0.5) is 0 Å². The van der Waals surface area contributed by atoms with Crippen LogP contribution in [0, 0.1) is 6.92 Å². The van der Waals surface area contributed by atoms with E-state index in [0.29, 0.717) is 0 Å². The van der Waals surface area contributed by atoms with Gasteiger partial charge in [0.2, 0.25) is 6.20 Å². The molecule has 0 fully saturated rings. The van der Waals surface area contributed by atoms with E-state index in [2.05, 4.69) is 70.6 Å². The van der Waals surface area contributed by atoms with E-state index in [1.807, 2.05) is 6.07 Å². The summed E-state index contributed by atoms with van der Waals surface area (Å²) in [4.78, 5) is 6.09. The molecular weight excluding hydrogens is 302 g/mol. The first kappa shape index (κ1) is 12.8. The maximum atomic E-state index is 4.84. The summed E-state index contributed by atoms with van der Waals surface area (Å²) in [7, 11) is 0. The van der Waals surface area contributed by atoms with Crippen molar-refractivity contribution in [2.24, 2.45) is 0 Å². The standard InChI is InChI=1S/C19H13N3S/c1-12-11-16-19-14(13-5-2-3-6-15(13)20-19)8-9-22(16)21-18(12)17-7-4-10-23-17/h2-11H,1H3/p+1. The molecule has 0 saturated carbocycles. The van der Waals surface area contributed by atoms with Crippen molar-refractivity contribution in [1.29, 1.82) is 0 Å². The molecule has 0 aliphatic heterocycles. The monoisotopic (exact) mass is 316 g/mol. The van der Waals surface area contributed by atoms with Crippen molar-refractivity contribution in [2.45, 2.75) is 6.92 Å². The van der Waals surface area contributed by atoms with E-state index in [9.17, 15) is 0 Å². The number of nitrogens with zero attached hydrogens (tertiary/aromatic N) is 2. The van der Waals surface area contributed by atoms with Crippen LogP contribution in [0.3, 0.4) is 0 Å². The van der Waals surface area contributed by atoms with Gasteiger partial charge in [0, 0.05) is 22.9 Å². The molecule has 5 aromatic rings. The normalized spacial score (nSPS) is 11.7. The molecule has 4 heteroatoms. The first-order valence-electron chi connectivity index (χ1n) is 7.57. The zero-order chi connectivity index (χ0) is 15.4. The van der Waals surface area contributed by atoms with Crippen molar-refractivity contribution >= 4 is 38.7 Å². The highest BCUT2D eigenvalue weighted by Crippen LogP contribution is 2.29. The second-order valence-electron chi connectivity index (χ2n) is 5.75. The predicted octanol–water partition coefficient (Wildman–Crippen LogP) is 4.49. The molecule has 4 aromatic heterocycles. The second-order valence-corrected chi connectivity index (χ2v) is 6.70. The van der Waals surface area contributed by atoms with Crippen LogP contribution in [0.1, 0.15) is 5.56 Å². The fourth-order valence-corrected chi connectivity index (χ4v) is 3.99. The van der Waals surface area contributed by atoms with Gasteiger partial charge in [-0.25, -0.2) is 4.98 Å². The average Bonchev–Trinajstić information content (AvgIpc) is 3.22. The molecule has 0 amide bonds. The molecule has 0 aliphatic rings. The van der Waals surface area contributed by atoms with Crippen molar-refractivity contribution in [1.82, 2.24) is 10.1 Å². The quantitative estimate of drug-likeness (QED) is 0.454. The van der Waals surface area contributed by atoms with Gasteiger partial charge in [-0.1, -0.05) is 28.8 Å². The molecule has 3 nitrogen and oxygen atoms in total. The minimum absolute atomic E-state index is 1.05. The Labute approximate surface area is 136 Å². The summed E-state index contributed by atoms with van der Waals surface area (Å²) >= 11 is 1.75. The number of hydrogen-bond acceptors (Lipinski definition) is 2. The molecule has 0 spiro atoms. The number of nitrogens with one attached hydrogen (secondary N) is 1. The highest BCUT2D eigenvalue weighted by Gasteiger charge is 2.17. The van der Waals surface area contributed by atoms with Crippen LogP contribution in [0.15, 0.2) is 60.1 Å². The minimum atomic E-state index is 1.05. The number of thiophene rings is 1. The lowest BCUT2D eigenvalue weighted by atomic mass is 10.1. The lowest BCUT2D eigenvalue weighted by Gasteiger charge is -2.02. The number of aromatic nitrogens is 3. The van der Waals surface area contributed by atoms with Gasteiger partial charge < -0.3 is 0 Å². The Kier molecular flexibility index (Phi) is 2.58. The van der Waals surface area contributed by atoms with E-state index >= 15 is 0 Å². The Morgan fingerprint density at radius 2 is 1.96 bits per heavy atom. The minimum Gasteiger partial charge on any atom is -0.241 e. The van der Waals surface area contributed by atoms with Gasteiger partial charge in [-0.15, -0.1) is 11.3 Å². The molecule has 23 heavy (non-hydrogen) atoms. The largest absolute Gasteiger partial charge is 0.262 e. The lowest BCUT2D eigenvalue weighted by Crippen LogP contribution is -2.27. The molecule has 0 radical (unpaired) electrons. The van der Waals surface area contributed by atoms with Crippen LogP contribution in [-0.4, -0.2) is 10.1 Å². The summed E-state index contributed by atoms with van der Waals surface area (Å²) < 4.78 is 2.07. The number of aromatic amines is 1.